The van der Waals surface area contributed by atoms with Gasteiger partial charge in [-0.1, -0.05) is 105 Å². The van der Waals surface area contributed by atoms with Gasteiger partial charge >= 0.3 is 0 Å². The maximum atomic E-state index is 14.5. The predicted molar refractivity (Wildman–Crippen MR) is 176 cm³/mol. The van der Waals surface area contributed by atoms with E-state index in [1.807, 2.05) is 94.4 Å². The van der Waals surface area contributed by atoms with E-state index in [0.717, 1.165) is 22.3 Å². The van der Waals surface area contributed by atoms with Crippen molar-refractivity contribution >= 4 is 27.5 Å². The van der Waals surface area contributed by atoms with Crippen LogP contribution >= 0.6 is 0 Å². The van der Waals surface area contributed by atoms with E-state index in [9.17, 15) is 18.0 Å². The highest BCUT2D eigenvalue weighted by Gasteiger charge is 2.35. The van der Waals surface area contributed by atoms with Crippen LogP contribution in [0, 0.1) is 19.8 Å². The first kappa shape index (κ1) is 32.5. The van der Waals surface area contributed by atoms with Crippen molar-refractivity contribution in [2.45, 2.75) is 51.6 Å². The molecule has 230 valence electrons. The summed E-state index contributed by atoms with van der Waals surface area (Å²) in [6, 6.07) is 31.7. The molecular weight excluding hydrogens is 570 g/mol. The average Bonchev–Trinajstić information content (AvgIpc) is 3.03. The topological polar surface area (TPSA) is 86.8 Å². The van der Waals surface area contributed by atoms with Crippen molar-refractivity contribution in [2.24, 2.45) is 5.92 Å². The number of rotatable bonds is 13. The van der Waals surface area contributed by atoms with Gasteiger partial charge in [0.15, 0.2) is 0 Å². The number of benzene rings is 4. The van der Waals surface area contributed by atoms with Gasteiger partial charge in [0.1, 0.15) is 12.6 Å². The Morgan fingerprint density at radius 2 is 1.32 bits per heavy atom. The fourth-order valence-corrected chi connectivity index (χ4v) is 6.49. The molecule has 44 heavy (non-hydrogen) atoms. The summed E-state index contributed by atoms with van der Waals surface area (Å²) < 4.78 is 29.5. The van der Waals surface area contributed by atoms with Crippen LogP contribution in [0.25, 0.3) is 0 Å². The van der Waals surface area contributed by atoms with Gasteiger partial charge in [-0.25, -0.2) is 8.42 Å². The molecule has 8 heteroatoms. The first-order valence-corrected chi connectivity index (χ1v) is 16.3. The molecule has 2 amide bonds. The second kappa shape index (κ2) is 14.8. The molecule has 1 N–H and O–H groups in total. The largest absolute Gasteiger partial charge is 0.354 e. The van der Waals surface area contributed by atoms with Crippen LogP contribution in [0.5, 0.6) is 0 Å². The van der Waals surface area contributed by atoms with Gasteiger partial charge in [0.05, 0.1) is 10.6 Å². The molecule has 0 saturated heterocycles. The van der Waals surface area contributed by atoms with Gasteiger partial charge in [-0.05, 0) is 60.2 Å². The number of aryl methyl sites for hydroxylation is 1. The molecule has 0 spiro atoms. The Balaban J connectivity index is 1.81. The third-order valence-corrected chi connectivity index (χ3v) is 9.38. The fraction of sp³-hybridized carbons (Fsp3) is 0.278. The maximum Gasteiger partial charge on any atom is 0.264 e. The molecule has 0 aliphatic rings. The Kier molecular flexibility index (Phi) is 11.0. The molecule has 0 saturated carbocycles. The monoisotopic (exact) mass is 611 g/mol. The van der Waals surface area contributed by atoms with Crippen LogP contribution in [0.1, 0.15) is 36.1 Å². The van der Waals surface area contributed by atoms with Crippen molar-refractivity contribution in [2.75, 3.05) is 17.4 Å². The molecule has 1 atom stereocenters. The first-order valence-electron chi connectivity index (χ1n) is 14.9. The molecule has 0 bridgehead atoms. The molecule has 7 nitrogen and oxygen atoms in total. The quantitative estimate of drug-likeness (QED) is 0.204. The third-order valence-electron chi connectivity index (χ3n) is 7.61. The lowest BCUT2D eigenvalue weighted by Crippen LogP contribution is -2.53. The van der Waals surface area contributed by atoms with E-state index in [4.69, 9.17) is 0 Å². The van der Waals surface area contributed by atoms with E-state index >= 15 is 0 Å². The van der Waals surface area contributed by atoms with Gasteiger partial charge in [-0.2, -0.15) is 0 Å². The van der Waals surface area contributed by atoms with Crippen molar-refractivity contribution in [3.8, 4) is 0 Å². The van der Waals surface area contributed by atoms with Crippen LogP contribution in [0.3, 0.4) is 0 Å². The van der Waals surface area contributed by atoms with E-state index in [-0.39, 0.29) is 29.7 Å². The van der Waals surface area contributed by atoms with Gasteiger partial charge in [0.25, 0.3) is 10.0 Å². The molecule has 0 unspecified atom stereocenters. The highest BCUT2D eigenvalue weighted by Crippen LogP contribution is 2.29. The highest BCUT2D eigenvalue weighted by atomic mass is 32.2. The SMILES string of the molecule is Cc1cccc(N(CC(=O)N(Cc2ccccc2)[C@@H](Cc2ccccc2)C(=O)NCC(C)C)S(=O)(=O)c2ccccc2)c1C. The zero-order valence-electron chi connectivity index (χ0n) is 25.8. The van der Waals surface area contributed by atoms with Crippen LogP contribution in [0.4, 0.5) is 5.69 Å². The lowest BCUT2D eigenvalue weighted by molar-refractivity contribution is -0.140. The van der Waals surface area contributed by atoms with E-state index in [2.05, 4.69) is 5.32 Å². The number of nitrogens with zero attached hydrogens (tertiary/aromatic N) is 2. The molecule has 4 aromatic carbocycles. The third kappa shape index (κ3) is 8.14. The molecule has 4 aromatic rings. The van der Waals surface area contributed by atoms with Crippen LogP contribution in [0.2, 0.25) is 0 Å². The molecule has 0 aliphatic heterocycles. The van der Waals surface area contributed by atoms with Crippen molar-refractivity contribution in [3.63, 3.8) is 0 Å². The number of nitrogens with one attached hydrogen (secondary N) is 1. The number of carbonyl (C=O) groups excluding carboxylic acids is 2. The summed E-state index contributed by atoms with van der Waals surface area (Å²) in [6.07, 6.45) is 0.276. The Morgan fingerprint density at radius 1 is 0.750 bits per heavy atom. The molecule has 0 heterocycles. The Hall–Kier alpha value is -4.43. The molecule has 0 aromatic heterocycles. The van der Waals surface area contributed by atoms with Crippen LogP contribution in [0.15, 0.2) is 114 Å². The Bertz CT molecular complexity index is 1640. The number of sulfonamides is 1. The zero-order valence-corrected chi connectivity index (χ0v) is 26.6. The zero-order chi connectivity index (χ0) is 31.7. The van der Waals surface area contributed by atoms with E-state index < -0.39 is 28.5 Å². The molecule has 4 rings (SSSR count). The second-order valence-electron chi connectivity index (χ2n) is 11.4. The summed E-state index contributed by atoms with van der Waals surface area (Å²) in [6.45, 7) is 7.89. The van der Waals surface area contributed by atoms with Gasteiger partial charge in [-0.15, -0.1) is 0 Å². The standard InChI is InChI=1S/C36H41N3O4S/c1-27(2)24-37-36(41)34(23-30-16-8-5-9-17-30)38(25-31-18-10-6-11-19-31)35(40)26-39(33-22-14-15-28(3)29(33)4)44(42,43)32-20-12-7-13-21-32/h5-22,27,34H,23-26H2,1-4H3,(H,37,41)/t34-/m0/s1. The number of anilines is 1. The summed E-state index contributed by atoms with van der Waals surface area (Å²) in [5, 5.41) is 3.02. The average molecular weight is 612 g/mol. The molecular formula is C36H41N3O4S. The van der Waals surface area contributed by atoms with Gasteiger partial charge in [0, 0.05) is 19.5 Å². The minimum Gasteiger partial charge on any atom is -0.354 e. The summed E-state index contributed by atoms with van der Waals surface area (Å²) in [5.74, 6) is -0.545. The maximum absolute atomic E-state index is 14.5. The van der Waals surface area contributed by atoms with E-state index in [1.165, 1.54) is 21.3 Å². The van der Waals surface area contributed by atoms with Crippen LogP contribution in [-0.2, 0) is 32.6 Å². The first-order chi connectivity index (χ1) is 21.1. The Morgan fingerprint density at radius 3 is 1.91 bits per heavy atom. The minimum atomic E-state index is -4.14. The lowest BCUT2D eigenvalue weighted by Gasteiger charge is -2.34. The van der Waals surface area contributed by atoms with Crippen LogP contribution < -0.4 is 9.62 Å². The predicted octanol–water partition coefficient (Wildman–Crippen LogP) is 5.91. The van der Waals surface area contributed by atoms with Gasteiger partial charge in [-0.3, -0.25) is 13.9 Å². The second-order valence-corrected chi connectivity index (χ2v) is 13.3. The highest BCUT2D eigenvalue weighted by molar-refractivity contribution is 7.92. The fourth-order valence-electron chi connectivity index (χ4n) is 5.00. The van der Waals surface area contributed by atoms with Crippen molar-refractivity contribution in [1.29, 1.82) is 0 Å². The lowest BCUT2D eigenvalue weighted by atomic mass is 10.0. The van der Waals surface area contributed by atoms with Crippen LogP contribution in [-0.4, -0.2) is 44.3 Å². The summed E-state index contributed by atoms with van der Waals surface area (Å²) in [7, 11) is -4.14. The normalized spacial score (nSPS) is 12.0. The molecule has 0 aliphatic carbocycles. The number of carbonyl (C=O) groups is 2. The number of hydrogen-bond donors (Lipinski definition) is 1. The van der Waals surface area contributed by atoms with Gasteiger partial charge in [0.2, 0.25) is 11.8 Å². The van der Waals surface area contributed by atoms with E-state index in [1.54, 1.807) is 30.3 Å². The summed E-state index contributed by atoms with van der Waals surface area (Å²) in [4.78, 5) is 30.0. The minimum absolute atomic E-state index is 0.0822. The van der Waals surface area contributed by atoms with Crippen molar-refractivity contribution in [1.82, 2.24) is 10.2 Å². The Labute approximate surface area is 261 Å². The van der Waals surface area contributed by atoms with Crippen molar-refractivity contribution < 1.29 is 18.0 Å². The number of amides is 2. The smallest absolute Gasteiger partial charge is 0.264 e. The summed E-state index contributed by atoms with van der Waals surface area (Å²) in [5.41, 5.74) is 3.81. The molecule has 0 radical (unpaired) electrons. The van der Waals surface area contributed by atoms with Crippen molar-refractivity contribution in [3.05, 3.63) is 131 Å². The summed E-state index contributed by atoms with van der Waals surface area (Å²) >= 11 is 0. The molecule has 0 fully saturated rings. The van der Waals surface area contributed by atoms with E-state index in [0.29, 0.717) is 12.2 Å². The number of hydrogen-bond acceptors (Lipinski definition) is 4. The van der Waals surface area contributed by atoms with Gasteiger partial charge < -0.3 is 10.2 Å².